The number of nitrogens with one attached hydrogen (secondary N) is 1. The summed E-state index contributed by atoms with van der Waals surface area (Å²) in [5.74, 6) is -3.73. The number of pyridine rings is 1. The number of hydrogen-bond donors (Lipinski definition) is 1. The van der Waals surface area contributed by atoms with E-state index in [4.69, 9.17) is 9.47 Å². The van der Waals surface area contributed by atoms with Gasteiger partial charge in [0.2, 0.25) is 0 Å². The van der Waals surface area contributed by atoms with Crippen LogP contribution in [0.4, 0.5) is 29.1 Å². The van der Waals surface area contributed by atoms with E-state index in [-0.39, 0.29) is 48.0 Å². The molecule has 1 aromatic carbocycles. The maximum absolute atomic E-state index is 15.0. The lowest BCUT2D eigenvalue weighted by atomic mass is 9.86. The first kappa shape index (κ1) is 20.2. The lowest BCUT2D eigenvalue weighted by Gasteiger charge is -2.38. The van der Waals surface area contributed by atoms with Crippen molar-refractivity contribution in [3.63, 3.8) is 0 Å². The Kier molecular flexibility index (Phi) is 4.50. The molecule has 0 atom stereocenters. The van der Waals surface area contributed by atoms with Crippen LogP contribution in [0.25, 0.3) is 0 Å². The summed E-state index contributed by atoms with van der Waals surface area (Å²) in [6, 6.07) is 2.82. The van der Waals surface area contributed by atoms with E-state index in [1.807, 2.05) is 6.07 Å². The second-order valence-electron chi connectivity index (χ2n) is 8.73. The molecule has 1 aliphatic heterocycles. The summed E-state index contributed by atoms with van der Waals surface area (Å²) in [7, 11) is 2.65. The van der Waals surface area contributed by atoms with Gasteiger partial charge in [0.1, 0.15) is 11.5 Å². The zero-order valence-corrected chi connectivity index (χ0v) is 17.3. The van der Waals surface area contributed by atoms with Crippen molar-refractivity contribution in [1.29, 1.82) is 0 Å². The van der Waals surface area contributed by atoms with Crippen LogP contribution in [0.1, 0.15) is 36.8 Å². The van der Waals surface area contributed by atoms with Gasteiger partial charge in [0.15, 0.2) is 23.1 Å². The van der Waals surface area contributed by atoms with Gasteiger partial charge in [-0.2, -0.15) is 0 Å². The largest absolute Gasteiger partial charge is 0.493 e. The number of methoxy groups -OCH3 is 2. The number of anilines is 2. The Bertz CT molecular complexity index is 1010. The van der Waals surface area contributed by atoms with Gasteiger partial charge in [-0.05, 0) is 30.0 Å². The maximum atomic E-state index is 15.0. The Morgan fingerprint density at radius 1 is 1.06 bits per heavy atom. The number of benzene rings is 1. The molecule has 5 nitrogen and oxygen atoms in total. The third-order valence-electron chi connectivity index (χ3n) is 6.57. The molecule has 9 heteroatoms. The summed E-state index contributed by atoms with van der Waals surface area (Å²) in [5, 5.41) is 3.08. The first-order valence-electron chi connectivity index (χ1n) is 10.2. The predicted molar refractivity (Wildman–Crippen MR) is 107 cm³/mol. The molecule has 1 N–H and O–H groups in total. The van der Waals surface area contributed by atoms with Crippen LogP contribution in [0.2, 0.25) is 0 Å². The van der Waals surface area contributed by atoms with E-state index in [1.165, 1.54) is 20.3 Å². The molecule has 0 saturated heterocycles. The van der Waals surface area contributed by atoms with E-state index in [9.17, 15) is 8.78 Å². The highest BCUT2D eigenvalue weighted by atomic mass is 19.3. The Hall–Kier alpha value is -2.71. The fourth-order valence-corrected chi connectivity index (χ4v) is 4.75. The Balaban J connectivity index is 1.46. The van der Waals surface area contributed by atoms with Crippen LogP contribution < -0.4 is 19.7 Å². The van der Waals surface area contributed by atoms with Crippen molar-refractivity contribution in [3.05, 3.63) is 41.1 Å². The van der Waals surface area contributed by atoms with Crippen LogP contribution in [-0.2, 0) is 12.0 Å². The average Bonchev–Trinajstić information content (AvgIpc) is 3.47. The van der Waals surface area contributed by atoms with E-state index < -0.39 is 17.6 Å². The third kappa shape index (κ3) is 3.34. The monoisotopic (exact) mass is 437 g/mol. The maximum Gasteiger partial charge on any atom is 0.252 e. The topological polar surface area (TPSA) is 46.6 Å². The zero-order chi connectivity index (χ0) is 22.0. The molecule has 3 aliphatic rings. The molecule has 5 rings (SSSR count). The molecule has 2 saturated carbocycles. The molecule has 31 heavy (non-hydrogen) atoms. The summed E-state index contributed by atoms with van der Waals surface area (Å²) in [5.41, 5.74) is 1.54. The van der Waals surface area contributed by atoms with E-state index in [2.05, 4.69) is 10.3 Å². The summed E-state index contributed by atoms with van der Waals surface area (Å²) in [6.07, 6.45) is 3.05. The number of alkyl halides is 2. The number of rotatable bonds is 5. The molecule has 0 radical (unpaired) electrons. The molecular weight excluding hydrogens is 414 g/mol. The van der Waals surface area contributed by atoms with Gasteiger partial charge in [-0.25, -0.2) is 22.5 Å². The van der Waals surface area contributed by atoms with Gasteiger partial charge < -0.3 is 19.7 Å². The number of nitrogens with zero attached hydrogens (tertiary/aromatic N) is 2. The second kappa shape index (κ2) is 6.90. The van der Waals surface area contributed by atoms with Crippen LogP contribution in [-0.4, -0.2) is 37.7 Å². The minimum Gasteiger partial charge on any atom is -0.493 e. The summed E-state index contributed by atoms with van der Waals surface area (Å²) >= 11 is 0. The van der Waals surface area contributed by atoms with Crippen LogP contribution in [0.15, 0.2) is 18.3 Å². The normalized spacial score (nSPS) is 20.8. The van der Waals surface area contributed by atoms with Crippen LogP contribution in [0.3, 0.4) is 0 Å². The molecule has 2 aromatic rings. The Morgan fingerprint density at radius 2 is 1.71 bits per heavy atom. The molecule has 2 heterocycles. The van der Waals surface area contributed by atoms with Crippen LogP contribution in [0.5, 0.6) is 11.5 Å². The van der Waals surface area contributed by atoms with Crippen molar-refractivity contribution in [3.8, 4) is 11.5 Å². The van der Waals surface area contributed by atoms with E-state index in [1.54, 1.807) is 11.1 Å². The van der Waals surface area contributed by atoms with Crippen molar-refractivity contribution in [2.45, 2.75) is 49.6 Å². The zero-order valence-electron chi connectivity index (χ0n) is 17.3. The molecule has 0 bridgehead atoms. The highest BCUT2D eigenvalue weighted by Gasteiger charge is 2.51. The minimum atomic E-state index is -2.60. The Morgan fingerprint density at radius 3 is 2.26 bits per heavy atom. The Labute approximate surface area is 177 Å². The van der Waals surface area contributed by atoms with Gasteiger partial charge in [-0.3, -0.25) is 0 Å². The first-order valence-corrected chi connectivity index (χ1v) is 10.2. The number of halogens is 4. The molecule has 1 aromatic heterocycles. The highest BCUT2D eigenvalue weighted by Crippen LogP contribution is 2.54. The molecule has 2 fully saturated rings. The van der Waals surface area contributed by atoms with Crippen molar-refractivity contribution in [1.82, 2.24) is 4.98 Å². The molecule has 2 aliphatic carbocycles. The lowest BCUT2D eigenvalue weighted by molar-refractivity contribution is -0.0794. The summed E-state index contributed by atoms with van der Waals surface area (Å²) in [6.45, 7) is 0.713. The van der Waals surface area contributed by atoms with Gasteiger partial charge in [-0.15, -0.1) is 0 Å². The molecule has 1 spiro atoms. The van der Waals surface area contributed by atoms with Crippen molar-refractivity contribution >= 4 is 11.5 Å². The number of aromatic nitrogens is 1. The van der Waals surface area contributed by atoms with Crippen molar-refractivity contribution < 1.29 is 27.0 Å². The summed E-state index contributed by atoms with van der Waals surface area (Å²) in [4.78, 5) is 6.05. The molecule has 0 amide bonds. The van der Waals surface area contributed by atoms with E-state index in [0.717, 1.165) is 24.0 Å². The molecule has 166 valence electrons. The van der Waals surface area contributed by atoms with E-state index >= 15 is 8.78 Å². The first-order chi connectivity index (χ1) is 14.7. The van der Waals surface area contributed by atoms with E-state index in [0.29, 0.717) is 12.4 Å². The predicted octanol–water partition coefficient (Wildman–Crippen LogP) is 4.64. The summed E-state index contributed by atoms with van der Waals surface area (Å²) < 4.78 is 66.5. The second-order valence-corrected chi connectivity index (χ2v) is 8.73. The molecular formula is C22H23F4N3O2. The van der Waals surface area contributed by atoms with Crippen molar-refractivity contribution in [2.24, 2.45) is 0 Å². The van der Waals surface area contributed by atoms with Crippen LogP contribution in [0, 0.1) is 11.6 Å². The number of ether oxygens (including phenoxy) is 2. The standard InChI is InChI=1S/C22H23F4N3O2/c1-30-15-6-16(31-2)19(24)20(18(15)23)29-10-12-9-27-17(28-13-7-22(25,26)8-13)5-14(12)21(11-29)3-4-21/h5-6,9,13H,3-4,7-8,10-11H2,1-2H3,(H,27,28). The quantitative estimate of drug-likeness (QED) is 0.691. The van der Waals surface area contributed by atoms with Gasteiger partial charge in [0.05, 0.1) is 14.2 Å². The van der Waals surface area contributed by atoms with Gasteiger partial charge >= 0.3 is 0 Å². The fraction of sp³-hybridized carbons (Fsp3) is 0.500. The van der Waals surface area contributed by atoms with Crippen molar-refractivity contribution in [2.75, 3.05) is 31.0 Å². The average molecular weight is 437 g/mol. The van der Waals surface area contributed by atoms with Gasteiger partial charge in [0.25, 0.3) is 5.92 Å². The van der Waals surface area contributed by atoms with Crippen LogP contribution >= 0.6 is 0 Å². The molecule has 0 unspecified atom stereocenters. The minimum absolute atomic E-state index is 0.0844. The van der Waals surface area contributed by atoms with Gasteiger partial charge in [0, 0.05) is 49.7 Å². The highest BCUT2D eigenvalue weighted by molar-refractivity contribution is 5.62. The number of hydrogen-bond acceptors (Lipinski definition) is 5. The lowest BCUT2D eigenvalue weighted by Crippen LogP contribution is -2.44. The smallest absolute Gasteiger partial charge is 0.252 e. The third-order valence-corrected chi connectivity index (χ3v) is 6.57. The van der Waals surface area contributed by atoms with Gasteiger partial charge in [-0.1, -0.05) is 0 Å². The number of fused-ring (bicyclic) bond motifs is 2. The SMILES string of the molecule is COc1cc(OC)c(F)c(N2Cc3cnc(NC4CC(F)(F)C4)cc3C3(CC3)C2)c1F. The fourth-order valence-electron chi connectivity index (χ4n) is 4.75.